The smallest absolute Gasteiger partial charge is 0.197 e. The van der Waals surface area contributed by atoms with Gasteiger partial charge in [-0.05, 0) is 6.26 Å². The number of nitrogens with one attached hydrogen (secondary N) is 1. The van der Waals surface area contributed by atoms with Gasteiger partial charge in [-0.25, -0.2) is 15.0 Å². The third-order valence-corrected chi connectivity index (χ3v) is 2.34. The summed E-state index contributed by atoms with van der Waals surface area (Å²) in [5, 5.41) is 0. The number of aromatic amines is 1. The van der Waals surface area contributed by atoms with Crippen molar-refractivity contribution in [3.63, 3.8) is 0 Å². The maximum Gasteiger partial charge on any atom is 0.197 e. The second kappa shape index (κ2) is 3.74. The normalized spacial score (nSPS) is 10.8. The molecule has 0 radical (unpaired) electrons. The fraction of sp³-hybridized carbons (Fsp3) is 0.375. The molecular formula is C8H10N4S. The number of nitrogens with zero attached hydrogens (tertiary/aromatic N) is 3. The molecule has 2 heterocycles. The monoisotopic (exact) mass is 194 g/mol. The number of fused-ring (bicyclic) bond motifs is 1. The molecule has 0 saturated carbocycles. The highest BCUT2D eigenvalue weighted by molar-refractivity contribution is 7.98. The van der Waals surface area contributed by atoms with Crippen LogP contribution in [0.3, 0.4) is 0 Å². The summed E-state index contributed by atoms with van der Waals surface area (Å²) in [7, 11) is 0. The van der Waals surface area contributed by atoms with E-state index in [1.165, 1.54) is 0 Å². The van der Waals surface area contributed by atoms with Crippen LogP contribution in [0, 0.1) is 0 Å². The number of thioether (sulfide) groups is 1. The van der Waals surface area contributed by atoms with Crippen molar-refractivity contribution in [3.05, 3.63) is 18.2 Å². The standard InChI is InChI=1S/C8H10N4S/c1-13-5-2-6-11-7-8(12-6)10-4-3-9-7/h3-4H,2,5H2,1H3,(H,9,10,11,12). The lowest BCUT2D eigenvalue weighted by Gasteiger charge is -1.90. The van der Waals surface area contributed by atoms with Crippen LogP contribution in [0.2, 0.25) is 0 Å². The number of imidazole rings is 1. The number of aryl methyl sites for hydroxylation is 1. The van der Waals surface area contributed by atoms with Crippen molar-refractivity contribution >= 4 is 23.1 Å². The summed E-state index contributed by atoms with van der Waals surface area (Å²) in [6, 6.07) is 0. The van der Waals surface area contributed by atoms with Gasteiger partial charge in [0.1, 0.15) is 5.82 Å². The van der Waals surface area contributed by atoms with Gasteiger partial charge in [-0.3, -0.25) is 0 Å². The predicted octanol–water partition coefficient (Wildman–Crippen LogP) is 1.26. The molecule has 5 heteroatoms. The van der Waals surface area contributed by atoms with Gasteiger partial charge in [0, 0.05) is 24.6 Å². The molecule has 2 aromatic rings. The molecule has 2 rings (SSSR count). The molecule has 0 fully saturated rings. The van der Waals surface area contributed by atoms with E-state index in [2.05, 4.69) is 26.2 Å². The molecular weight excluding hydrogens is 184 g/mol. The van der Waals surface area contributed by atoms with Gasteiger partial charge in [0.2, 0.25) is 0 Å². The lowest BCUT2D eigenvalue weighted by atomic mass is 10.5. The Labute approximate surface area is 80.2 Å². The number of H-pyrrole nitrogens is 1. The fourth-order valence-electron chi connectivity index (χ4n) is 1.11. The fourth-order valence-corrected chi connectivity index (χ4v) is 1.51. The SMILES string of the molecule is CSCCc1nc2nccnc2[nH]1. The first-order valence-corrected chi connectivity index (χ1v) is 5.44. The van der Waals surface area contributed by atoms with Crippen molar-refractivity contribution in [2.24, 2.45) is 0 Å². The lowest BCUT2D eigenvalue weighted by molar-refractivity contribution is 1.01. The van der Waals surface area contributed by atoms with Crippen molar-refractivity contribution in [1.82, 2.24) is 19.9 Å². The van der Waals surface area contributed by atoms with Crippen molar-refractivity contribution < 1.29 is 0 Å². The number of rotatable bonds is 3. The van der Waals surface area contributed by atoms with E-state index >= 15 is 0 Å². The molecule has 0 saturated heterocycles. The van der Waals surface area contributed by atoms with Gasteiger partial charge in [0.25, 0.3) is 0 Å². The van der Waals surface area contributed by atoms with Gasteiger partial charge in [0.05, 0.1) is 0 Å². The van der Waals surface area contributed by atoms with Crippen LogP contribution in [0.4, 0.5) is 0 Å². The summed E-state index contributed by atoms with van der Waals surface area (Å²) >= 11 is 1.81. The third kappa shape index (κ3) is 1.80. The molecule has 0 aliphatic carbocycles. The Morgan fingerprint density at radius 3 is 3.00 bits per heavy atom. The van der Waals surface area contributed by atoms with E-state index in [4.69, 9.17) is 0 Å². The zero-order chi connectivity index (χ0) is 9.10. The summed E-state index contributed by atoms with van der Waals surface area (Å²) in [6.45, 7) is 0. The molecule has 0 atom stereocenters. The summed E-state index contributed by atoms with van der Waals surface area (Å²) in [4.78, 5) is 15.7. The van der Waals surface area contributed by atoms with Gasteiger partial charge in [-0.15, -0.1) is 0 Å². The molecule has 2 aromatic heterocycles. The maximum atomic E-state index is 4.31. The molecule has 0 aliphatic heterocycles. The van der Waals surface area contributed by atoms with E-state index in [1.807, 2.05) is 0 Å². The minimum absolute atomic E-state index is 0.707. The first kappa shape index (κ1) is 8.50. The van der Waals surface area contributed by atoms with Crippen molar-refractivity contribution in [1.29, 1.82) is 0 Å². The molecule has 0 aliphatic rings. The van der Waals surface area contributed by atoms with Crippen molar-refractivity contribution in [2.75, 3.05) is 12.0 Å². The molecule has 1 N–H and O–H groups in total. The quantitative estimate of drug-likeness (QED) is 0.799. The summed E-state index contributed by atoms with van der Waals surface area (Å²) in [6.07, 6.45) is 6.35. The van der Waals surface area contributed by atoms with Gasteiger partial charge in [-0.2, -0.15) is 11.8 Å². The molecule has 0 unspecified atom stereocenters. The van der Waals surface area contributed by atoms with E-state index in [0.717, 1.165) is 23.6 Å². The summed E-state index contributed by atoms with van der Waals surface area (Å²) in [5.41, 5.74) is 1.48. The Morgan fingerprint density at radius 2 is 2.23 bits per heavy atom. The average Bonchev–Trinajstić information content (AvgIpc) is 2.57. The topological polar surface area (TPSA) is 54.5 Å². The van der Waals surface area contributed by atoms with Gasteiger partial charge in [-0.1, -0.05) is 0 Å². The largest absolute Gasteiger partial charge is 0.325 e. The van der Waals surface area contributed by atoms with E-state index in [1.54, 1.807) is 24.2 Å². The molecule has 4 nitrogen and oxygen atoms in total. The van der Waals surface area contributed by atoms with Crippen LogP contribution >= 0.6 is 11.8 Å². The Kier molecular flexibility index (Phi) is 2.44. The lowest BCUT2D eigenvalue weighted by Crippen LogP contribution is -1.89. The van der Waals surface area contributed by atoms with E-state index < -0.39 is 0 Å². The Balaban J connectivity index is 2.28. The van der Waals surface area contributed by atoms with Crippen LogP contribution in [-0.4, -0.2) is 31.9 Å². The van der Waals surface area contributed by atoms with Crippen LogP contribution in [-0.2, 0) is 6.42 Å². The Hall–Kier alpha value is -1.10. The van der Waals surface area contributed by atoms with Crippen molar-refractivity contribution in [2.45, 2.75) is 6.42 Å². The van der Waals surface area contributed by atoms with Crippen molar-refractivity contribution in [3.8, 4) is 0 Å². The minimum Gasteiger partial charge on any atom is -0.325 e. The van der Waals surface area contributed by atoms with E-state index in [-0.39, 0.29) is 0 Å². The number of aromatic nitrogens is 4. The van der Waals surface area contributed by atoms with Crippen LogP contribution in [0.5, 0.6) is 0 Å². The minimum atomic E-state index is 0.707. The maximum absolute atomic E-state index is 4.31. The number of hydrogen-bond acceptors (Lipinski definition) is 4. The zero-order valence-corrected chi connectivity index (χ0v) is 8.14. The zero-order valence-electron chi connectivity index (χ0n) is 7.32. The second-order valence-electron chi connectivity index (χ2n) is 2.65. The highest BCUT2D eigenvalue weighted by Crippen LogP contribution is 2.06. The predicted molar refractivity (Wildman–Crippen MR) is 53.8 cm³/mol. The van der Waals surface area contributed by atoms with E-state index in [9.17, 15) is 0 Å². The van der Waals surface area contributed by atoms with Crippen LogP contribution in [0.25, 0.3) is 11.3 Å². The Morgan fingerprint density at radius 1 is 1.38 bits per heavy atom. The highest BCUT2D eigenvalue weighted by atomic mass is 32.2. The molecule has 13 heavy (non-hydrogen) atoms. The molecule has 0 bridgehead atoms. The molecule has 0 spiro atoms. The first-order valence-electron chi connectivity index (χ1n) is 4.04. The van der Waals surface area contributed by atoms with Gasteiger partial charge >= 0.3 is 0 Å². The van der Waals surface area contributed by atoms with Crippen LogP contribution < -0.4 is 0 Å². The third-order valence-electron chi connectivity index (χ3n) is 1.73. The van der Waals surface area contributed by atoms with Crippen LogP contribution in [0.15, 0.2) is 12.4 Å². The van der Waals surface area contributed by atoms with E-state index in [0.29, 0.717) is 5.65 Å². The molecule has 0 aromatic carbocycles. The van der Waals surface area contributed by atoms with Gasteiger partial charge < -0.3 is 4.98 Å². The summed E-state index contributed by atoms with van der Waals surface area (Å²) < 4.78 is 0. The molecule has 0 amide bonds. The van der Waals surface area contributed by atoms with Crippen LogP contribution in [0.1, 0.15) is 5.82 Å². The average molecular weight is 194 g/mol. The number of hydrogen-bond donors (Lipinski definition) is 1. The Bertz CT molecular complexity index is 365. The highest BCUT2D eigenvalue weighted by Gasteiger charge is 2.02. The summed E-state index contributed by atoms with van der Waals surface area (Å²) in [5.74, 6) is 2.04. The van der Waals surface area contributed by atoms with Gasteiger partial charge in [0.15, 0.2) is 11.3 Å². The second-order valence-corrected chi connectivity index (χ2v) is 3.64. The first-order chi connectivity index (χ1) is 6.40. The molecule has 68 valence electrons.